The molecule has 2 atom stereocenters. The van der Waals surface area contributed by atoms with Crippen LogP contribution < -0.4 is 5.73 Å². The highest BCUT2D eigenvalue weighted by Gasteiger charge is 2.34. The van der Waals surface area contributed by atoms with Crippen LogP contribution in [-0.4, -0.2) is 40.1 Å². The number of pyridine rings is 1. The molecular formula is C16H19N3O2. The van der Waals surface area contributed by atoms with Crippen LogP contribution in [0.3, 0.4) is 0 Å². The smallest absolute Gasteiger partial charge is 0.272 e. The first-order chi connectivity index (χ1) is 10.1. The van der Waals surface area contributed by atoms with Crippen molar-refractivity contribution in [2.24, 2.45) is 5.92 Å². The normalized spacial score (nSPS) is 21.9. The molecule has 110 valence electrons. The van der Waals surface area contributed by atoms with E-state index in [0.717, 1.165) is 17.2 Å². The molecule has 3 rings (SSSR count). The summed E-state index contributed by atoms with van der Waals surface area (Å²) in [5.41, 5.74) is 6.30. The van der Waals surface area contributed by atoms with Crippen LogP contribution in [0.1, 0.15) is 23.8 Å². The molecule has 1 aliphatic rings. The minimum absolute atomic E-state index is 0.0179. The monoisotopic (exact) mass is 285 g/mol. The molecule has 0 saturated carbocycles. The summed E-state index contributed by atoms with van der Waals surface area (Å²) in [5.74, 6) is 0.511. The molecule has 0 radical (unpaired) electrons. The standard InChI is InChI=1S/C16H19N3O2/c1-10-6-7-19(14(10)9-20)16(21)13-8-11-4-2-3-5-12(11)15(17)18-13/h2-5,8,10,14,20H,6-7,9H2,1H3,(H2,17,18). The van der Waals surface area contributed by atoms with Crippen molar-refractivity contribution < 1.29 is 9.90 Å². The summed E-state index contributed by atoms with van der Waals surface area (Å²) in [5, 5.41) is 11.2. The van der Waals surface area contributed by atoms with Gasteiger partial charge in [0.1, 0.15) is 11.5 Å². The molecule has 0 bridgehead atoms. The molecule has 0 aliphatic carbocycles. The Morgan fingerprint density at radius 1 is 1.48 bits per heavy atom. The number of aliphatic hydroxyl groups is 1. The van der Waals surface area contributed by atoms with Gasteiger partial charge < -0.3 is 15.7 Å². The van der Waals surface area contributed by atoms with E-state index < -0.39 is 0 Å². The number of benzene rings is 1. The van der Waals surface area contributed by atoms with Crippen molar-refractivity contribution in [3.05, 3.63) is 36.0 Å². The Bertz CT molecular complexity index is 686. The van der Waals surface area contributed by atoms with Gasteiger partial charge in [0.2, 0.25) is 0 Å². The van der Waals surface area contributed by atoms with E-state index >= 15 is 0 Å². The number of nitrogen functional groups attached to an aromatic ring is 1. The van der Waals surface area contributed by atoms with Gasteiger partial charge in [0.25, 0.3) is 5.91 Å². The summed E-state index contributed by atoms with van der Waals surface area (Å²) < 4.78 is 0. The number of hydrogen-bond acceptors (Lipinski definition) is 4. The number of fused-ring (bicyclic) bond motifs is 1. The Kier molecular flexibility index (Phi) is 3.51. The molecule has 1 fully saturated rings. The van der Waals surface area contributed by atoms with E-state index in [0.29, 0.717) is 24.0 Å². The van der Waals surface area contributed by atoms with Crippen molar-refractivity contribution in [3.63, 3.8) is 0 Å². The minimum Gasteiger partial charge on any atom is -0.394 e. The van der Waals surface area contributed by atoms with Crippen LogP contribution >= 0.6 is 0 Å². The molecule has 5 nitrogen and oxygen atoms in total. The Balaban J connectivity index is 1.98. The number of nitrogens with two attached hydrogens (primary N) is 1. The van der Waals surface area contributed by atoms with E-state index in [2.05, 4.69) is 11.9 Å². The van der Waals surface area contributed by atoms with E-state index in [9.17, 15) is 9.90 Å². The first-order valence-corrected chi connectivity index (χ1v) is 7.19. The number of anilines is 1. The van der Waals surface area contributed by atoms with Crippen LogP contribution in [0, 0.1) is 5.92 Å². The van der Waals surface area contributed by atoms with Crippen LogP contribution in [0.4, 0.5) is 5.82 Å². The second-order valence-electron chi connectivity index (χ2n) is 5.63. The number of amides is 1. The van der Waals surface area contributed by atoms with Gasteiger partial charge in [0.15, 0.2) is 0 Å². The molecular weight excluding hydrogens is 266 g/mol. The molecule has 2 aromatic rings. The van der Waals surface area contributed by atoms with Gasteiger partial charge in [-0.1, -0.05) is 31.2 Å². The fourth-order valence-electron chi connectivity index (χ4n) is 3.02. The zero-order chi connectivity index (χ0) is 15.0. The van der Waals surface area contributed by atoms with Crippen molar-refractivity contribution in [1.29, 1.82) is 0 Å². The highest BCUT2D eigenvalue weighted by molar-refractivity contribution is 6.00. The van der Waals surface area contributed by atoms with E-state index in [1.807, 2.05) is 24.3 Å². The van der Waals surface area contributed by atoms with Gasteiger partial charge in [-0.15, -0.1) is 0 Å². The third-order valence-electron chi connectivity index (χ3n) is 4.32. The SMILES string of the molecule is CC1CCN(C(=O)c2cc3ccccc3c(N)n2)C1CO. The molecule has 5 heteroatoms. The number of likely N-dealkylation sites (tertiary alicyclic amines) is 1. The highest BCUT2D eigenvalue weighted by atomic mass is 16.3. The van der Waals surface area contributed by atoms with Crippen molar-refractivity contribution in [1.82, 2.24) is 9.88 Å². The average molecular weight is 285 g/mol. The van der Waals surface area contributed by atoms with Gasteiger partial charge in [-0.05, 0) is 23.8 Å². The Morgan fingerprint density at radius 3 is 3.00 bits per heavy atom. The molecule has 2 heterocycles. The Morgan fingerprint density at radius 2 is 2.24 bits per heavy atom. The van der Waals surface area contributed by atoms with E-state index in [-0.39, 0.29) is 18.6 Å². The maximum absolute atomic E-state index is 12.7. The lowest BCUT2D eigenvalue weighted by Gasteiger charge is -2.25. The van der Waals surface area contributed by atoms with Gasteiger partial charge in [-0.2, -0.15) is 0 Å². The van der Waals surface area contributed by atoms with Gasteiger partial charge in [0.05, 0.1) is 12.6 Å². The van der Waals surface area contributed by atoms with Gasteiger partial charge in [-0.25, -0.2) is 4.98 Å². The topological polar surface area (TPSA) is 79.5 Å². The maximum atomic E-state index is 12.7. The number of carbonyl (C=O) groups excluding carboxylic acids is 1. The molecule has 21 heavy (non-hydrogen) atoms. The molecule has 2 unspecified atom stereocenters. The number of aromatic nitrogens is 1. The van der Waals surface area contributed by atoms with E-state index in [4.69, 9.17) is 5.73 Å². The van der Waals surface area contributed by atoms with Crippen molar-refractivity contribution >= 4 is 22.5 Å². The fourth-order valence-corrected chi connectivity index (χ4v) is 3.02. The zero-order valence-corrected chi connectivity index (χ0v) is 12.0. The number of aliphatic hydroxyl groups excluding tert-OH is 1. The number of nitrogens with zero attached hydrogens (tertiary/aromatic N) is 2. The van der Waals surface area contributed by atoms with Gasteiger partial charge >= 0.3 is 0 Å². The van der Waals surface area contributed by atoms with Crippen LogP contribution in [0.5, 0.6) is 0 Å². The van der Waals surface area contributed by atoms with Crippen LogP contribution in [0.25, 0.3) is 10.8 Å². The Hall–Kier alpha value is -2.14. The highest BCUT2D eigenvalue weighted by Crippen LogP contribution is 2.26. The summed E-state index contributed by atoms with van der Waals surface area (Å²) in [6.45, 7) is 2.69. The molecule has 0 spiro atoms. The Labute approximate surface area is 123 Å². The van der Waals surface area contributed by atoms with E-state index in [1.165, 1.54) is 0 Å². The predicted molar refractivity (Wildman–Crippen MR) is 81.8 cm³/mol. The summed E-state index contributed by atoms with van der Waals surface area (Å²) in [6, 6.07) is 9.24. The second kappa shape index (κ2) is 5.33. The maximum Gasteiger partial charge on any atom is 0.272 e. The zero-order valence-electron chi connectivity index (χ0n) is 12.0. The largest absolute Gasteiger partial charge is 0.394 e. The molecule has 1 saturated heterocycles. The number of hydrogen-bond donors (Lipinski definition) is 2. The second-order valence-corrected chi connectivity index (χ2v) is 5.63. The van der Waals surface area contributed by atoms with Crippen LogP contribution in [-0.2, 0) is 0 Å². The number of rotatable bonds is 2. The lowest BCUT2D eigenvalue weighted by atomic mass is 10.0. The minimum atomic E-state index is -0.157. The third kappa shape index (κ3) is 2.34. The summed E-state index contributed by atoms with van der Waals surface area (Å²) in [7, 11) is 0. The first kappa shape index (κ1) is 13.8. The van der Waals surface area contributed by atoms with Crippen LogP contribution in [0.15, 0.2) is 30.3 Å². The van der Waals surface area contributed by atoms with Crippen molar-refractivity contribution in [3.8, 4) is 0 Å². The first-order valence-electron chi connectivity index (χ1n) is 7.19. The van der Waals surface area contributed by atoms with Crippen molar-refractivity contribution in [2.75, 3.05) is 18.9 Å². The summed E-state index contributed by atoms with van der Waals surface area (Å²) in [6.07, 6.45) is 0.903. The summed E-state index contributed by atoms with van der Waals surface area (Å²) in [4.78, 5) is 18.6. The molecule has 1 aliphatic heterocycles. The lowest BCUT2D eigenvalue weighted by Crippen LogP contribution is -2.40. The van der Waals surface area contributed by atoms with Gasteiger partial charge in [0, 0.05) is 11.9 Å². The fraction of sp³-hybridized carbons (Fsp3) is 0.375. The molecule has 1 amide bonds. The molecule has 3 N–H and O–H groups in total. The van der Waals surface area contributed by atoms with E-state index in [1.54, 1.807) is 11.0 Å². The lowest BCUT2D eigenvalue weighted by molar-refractivity contribution is 0.0643. The number of carbonyl (C=O) groups is 1. The van der Waals surface area contributed by atoms with Crippen LogP contribution in [0.2, 0.25) is 0 Å². The average Bonchev–Trinajstić information content (AvgIpc) is 2.87. The molecule has 1 aromatic carbocycles. The quantitative estimate of drug-likeness (QED) is 0.879. The summed E-state index contributed by atoms with van der Waals surface area (Å²) >= 11 is 0. The predicted octanol–water partition coefficient (Wildman–Crippen LogP) is 1.66. The molecule has 1 aromatic heterocycles. The third-order valence-corrected chi connectivity index (χ3v) is 4.32. The van der Waals surface area contributed by atoms with Gasteiger partial charge in [-0.3, -0.25) is 4.79 Å². The van der Waals surface area contributed by atoms with Crippen molar-refractivity contribution in [2.45, 2.75) is 19.4 Å².